The summed E-state index contributed by atoms with van der Waals surface area (Å²) in [6.07, 6.45) is 1.54. The molecule has 0 N–H and O–H groups in total. The first-order valence-corrected chi connectivity index (χ1v) is 6.05. The average Bonchev–Trinajstić information content (AvgIpc) is 2.71. The Balaban J connectivity index is 2.45. The Hall–Kier alpha value is -0.870. The van der Waals surface area contributed by atoms with Crippen molar-refractivity contribution >= 4 is 33.0 Å². The molecule has 0 bridgehead atoms. The monoisotopic (exact) mass is 284 g/mol. The van der Waals surface area contributed by atoms with Gasteiger partial charge in [-0.2, -0.15) is 0 Å². The highest BCUT2D eigenvalue weighted by Gasteiger charge is 2.17. The summed E-state index contributed by atoms with van der Waals surface area (Å²) in [4.78, 5) is 13.1. The van der Waals surface area contributed by atoms with Gasteiger partial charge in [-0.1, -0.05) is 0 Å². The number of furan rings is 1. The summed E-state index contributed by atoms with van der Waals surface area (Å²) in [6, 6.07) is 3.57. The van der Waals surface area contributed by atoms with Crippen molar-refractivity contribution in [3.8, 4) is 0 Å². The molecular weight excluding hydrogens is 276 g/mol. The second-order valence-electron chi connectivity index (χ2n) is 3.24. The minimum absolute atomic E-state index is 0.0284. The molecule has 0 spiro atoms. The number of thiophene rings is 1. The number of ketones is 1. The lowest BCUT2D eigenvalue weighted by atomic mass is 10.1. The maximum absolute atomic E-state index is 12.1. The number of carbonyl (C=O) groups excluding carboxylic acids is 1. The molecule has 0 aliphatic carbocycles. The van der Waals surface area contributed by atoms with Gasteiger partial charge >= 0.3 is 0 Å². The second kappa shape index (κ2) is 3.94. The van der Waals surface area contributed by atoms with Gasteiger partial charge in [0.05, 0.1) is 15.6 Å². The molecule has 0 unspecified atom stereocenters. The lowest BCUT2D eigenvalue weighted by Gasteiger charge is -1.97. The number of carbonyl (C=O) groups is 1. The molecule has 0 saturated heterocycles. The van der Waals surface area contributed by atoms with Crippen LogP contribution in [0.2, 0.25) is 0 Å². The van der Waals surface area contributed by atoms with E-state index in [1.54, 1.807) is 30.6 Å². The van der Waals surface area contributed by atoms with Gasteiger partial charge in [-0.15, -0.1) is 11.3 Å². The zero-order valence-corrected chi connectivity index (χ0v) is 10.7. The van der Waals surface area contributed by atoms with Gasteiger partial charge in [0.2, 0.25) is 0 Å². The molecule has 0 aliphatic heterocycles. The van der Waals surface area contributed by atoms with Crippen LogP contribution in [0.25, 0.3) is 0 Å². The fraction of sp³-hybridized carbons (Fsp3) is 0.182. The zero-order valence-electron chi connectivity index (χ0n) is 8.33. The van der Waals surface area contributed by atoms with E-state index >= 15 is 0 Å². The Morgan fingerprint density at radius 3 is 2.60 bits per heavy atom. The van der Waals surface area contributed by atoms with Crippen molar-refractivity contribution in [3.05, 3.63) is 43.9 Å². The first-order valence-electron chi connectivity index (χ1n) is 4.44. The summed E-state index contributed by atoms with van der Waals surface area (Å²) in [7, 11) is 0. The molecule has 2 aromatic rings. The third-order valence-corrected chi connectivity index (χ3v) is 3.79. The standard InChI is InChI=1S/C11H9BrO2S/c1-6-8(3-4-14-6)11(13)9-5-10(12)15-7(9)2/h3-5H,1-2H3. The van der Waals surface area contributed by atoms with Crippen LogP contribution < -0.4 is 0 Å². The second-order valence-corrected chi connectivity index (χ2v) is 5.88. The third-order valence-electron chi connectivity index (χ3n) is 2.24. The number of hydrogen-bond acceptors (Lipinski definition) is 3. The Bertz CT molecular complexity index is 510. The molecule has 0 aliphatic rings. The maximum Gasteiger partial charge on any atom is 0.197 e. The summed E-state index contributed by atoms with van der Waals surface area (Å²) in [5.41, 5.74) is 1.39. The van der Waals surface area contributed by atoms with E-state index in [2.05, 4.69) is 15.9 Å². The van der Waals surface area contributed by atoms with Gasteiger partial charge in [0.25, 0.3) is 0 Å². The minimum Gasteiger partial charge on any atom is -0.469 e. The van der Waals surface area contributed by atoms with Gasteiger partial charge in [0.1, 0.15) is 5.76 Å². The van der Waals surface area contributed by atoms with Crippen LogP contribution in [0.15, 0.2) is 26.6 Å². The summed E-state index contributed by atoms with van der Waals surface area (Å²) >= 11 is 4.94. The van der Waals surface area contributed by atoms with Gasteiger partial charge in [-0.3, -0.25) is 4.79 Å². The van der Waals surface area contributed by atoms with E-state index in [4.69, 9.17) is 4.42 Å². The van der Waals surface area contributed by atoms with Crippen molar-refractivity contribution in [1.29, 1.82) is 0 Å². The minimum atomic E-state index is 0.0284. The third kappa shape index (κ3) is 1.92. The van der Waals surface area contributed by atoms with Gasteiger partial charge in [-0.25, -0.2) is 0 Å². The topological polar surface area (TPSA) is 30.2 Å². The predicted molar refractivity (Wildman–Crippen MR) is 63.6 cm³/mol. The van der Waals surface area contributed by atoms with E-state index < -0.39 is 0 Å². The van der Waals surface area contributed by atoms with Crippen molar-refractivity contribution in [2.45, 2.75) is 13.8 Å². The Labute approximate surface area is 100 Å². The van der Waals surface area contributed by atoms with E-state index in [1.807, 2.05) is 13.0 Å². The molecule has 0 radical (unpaired) electrons. The van der Waals surface area contributed by atoms with Crippen LogP contribution in [0, 0.1) is 13.8 Å². The highest BCUT2D eigenvalue weighted by molar-refractivity contribution is 9.11. The molecule has 2 rings (SSSR count). The number of rotatable bonds is 2. The highest BCUT2D eigenvalue weighted by Crippen LogP contribution is 2.28. The van der Waals surface area contributed by atoms with Crippen LogP contribution >= 0.6 is 27.3 Å². The fourth-order valence-electron chi connectivity index (χ4n) is 1.44. The summed E-state index contributed by atoms with van der Waals surface area (Å²) in [5.74, 6) is 0.697. The molecule has 0 aromatic carbocycles. The quantitative estimate of drug-likeness (QED) is 0.782. The van der Waals surface area contributed by atoms with E-state index in [9.17, 15) is 4.79 Å². The van der Waals surface area contributed by atoms with Crippen LogP contribution in [-0.4, -0.2) is 5.78 Å². The van der Waals surface area contributed by atoms with Crippen molar-refractivity contribution < 1.29 is 9.21 Å². The largest absolute Gasteiger partial charge is 0.469 e. The summed E-state index contributed by atoms with van der Waals surface area (Å²) < 4.78 is 6.10. The molecular formula is C11H9BrO2S. The van der Waals surface area contributed by atoms with Crippen molar-refractivity contribution in [1.82, 2.24) is 0 Å². The number of hydrogen-bond donors (Lipinski definition) is 0. The molecule has 4 heteroatoms. The number of aryl methyl sites for hydroxylation is 2. The Morgan fingerprint density at radius 1 is 1.40 bits per heavy atom. The molecule has 78 valence electrons. The molecule has 0 fully saturated rings. The fourth-order valence-corrected chi connectivity index (χ4v) is 3.13. The van der Waals surface area contributed by atoms with E-state index in [1.165, 1.54) is 0 Å². The molecule has 0 amide bonds. The van der Waals surface area contributed by atoms with E-state index in [-0.39, 0.29) is 5.78 Å². The van der Waals surface area contributed by atoms with Gasteiger partial charge in [0, 0.05) is 10.4 Å². The summed E-state index contributed by atoms with van der Waals surface area (Å²) in [5, 5.41) is 0. The van der Waals surface area contributed by atoms with E-state index in [0.717, 1.165) is 14.2 Å². The summed E-state index contributed by atoms with van der Waals surface area (Å²) in [6.45, 7) is 3.74. The van der Waals surface area contributed by atoms with Crippen LogP contribution in [0.1, 0.15) is 26.6 Å². The van der Waals surface area contributed by atoms with Crippen molar-refractivity contribution in [2.75, 3.05) is 0 Å². The molecule has 2 aromatic heterocycles. The maximum atomic E-state index is 12.1. The van der Waals surface area contributed by atoms with E-state index in [0.29, 0.717) is 11.3 Å². The van der Waals surface area contributed by atoms with Gasteiger partial charge in [-0.05, 0) is 41.9 Å². The molecule has 0 saturated carbocycles. The average molecular weight is 285 g/mol. The first kappa shape index (κ1) is 10.6. The molecule has 2 heterocycles. The highest BCUT2D eigenvalue weighted by atomic mass is 79.9. The SMILES string of the molecule is Cc1occc1C(=O)c1cc(Br)sc1C. The Morgan fingerprint density at radius 2 is 2.13 bits per heavy atom. The van der Waals surface area contributed by atoms with Gasteiger partial charge in [0.15, 0.2) is 5.78 Å². The van der Waals surface area contributed by atoms with Crippen LogP contribution in [0.4, 0.5) is 0 Å². The lowest BCUT2D eigenvalue weighted by molar-refractivity contribution is 0.103. The van der Waals surface area contributed by atoms with Gasteiger partial charge < -0.3 is 4.42 Å². The Kier molecular flexibility index (Phi) is 2.80. The first-order chi connectivity index (χ1) is 7.09. The zero-order chi connectivity index (χ0) is 11.0. The molecule has 0 atom stereocenters. The predicted octanol–water partition coefficient (Wildman–Crippen LogP) is 3.95. The van der Waals surface area contributed by atoms with Crippen LogP contribution in [0.3, 0.4) is 0 Å². The molecule has 2 nitrogen and oxygen atoms in total. The van der Waals surface area contributed by atoms with Crippen LogP contribution in [-0.2, 0) is 0 Å². The molecule has 15 heavy (non-hydrogen) atoms. The normalized spacial score (nSPS) is 10.6. The van der Waals surface area contributed by atoms with Crippen LogP contribution in [0.5, 0.6) is 0 Å². The van der Waals surface area contributed by atoms with Crippen molar-refractivity contribution in [3.63, 3.8) is 0 Å². The number of halogens is 1. The van der Waals surface area contributed by atoms with Crippen molar-refractivity contribution in [2.24, 2.45) is 0 Å². The lowest BCUT2D eigenvalue weighted by Crippen LogP contribution is -2.01. The smallest absolute Gasteiger partial charge is 0.197 e.